The van der Waals surface area contributed by atoms with Crippen molar-refractivity contribution in [2.45, 2.75) is 52.1 Å². The molecular weight excluding hydrogens is 230 g/mol. The second-order valence-corrected chi connectivity index (χ2v) is 5.33. The molecule has 104 valence electrons. The van der Waals surface area contributed by atoms with Crippen molar-refractivity contribution in [3.63, 3.8) is 0 Å². The lowest BCUT2D eigenvalue weighted by Crippen LogP contribution is -2.52. The van der Waals surface area contributed by atoms with Crippen molar-refractivity contribution < 1.29 is 9.59 Å². The van der Waals surface area contributed by atoms with Gasteiger partial charge in [-0.05, 0) is 25.2 Å². The SMILES string of the molecule is CNC(=O)NC(=O)[C@H](C)N[C@@H]1CCC[C@@H](C)[C@H]1C. The van der Waals surface area contributed by atoms with Crippen LogP contribution in [-0.4, -0.2) is 31.1 Å². The van der Waals surface area contributed by atoms with Crippen LogP contribution in [0, 0.1) is 11.8 Å². The molecule has 1 fully saturated rings. The highest BCUT2D eigenvalue weighted by Gasteiger charge is 2.29. The number of urea groups is 1. The third-order valence-electron chi connectivity index (χ3n) is 4.03. The number of hydrogen-bond acceptors (Lipinski definition) is 3. The van der Waals surface area contributed by atoms with Crippen LogP contribution in [0.4, 0.5) is 4.79 Å². The first-order valence-corrected chi connectivity index (χ1v) is 6.74. The largest absolute Gasteiger partial charge is 0.341 e. The van der Waals surface area contributed by atoms with Gasteiger partial charge < -0.3 is 10.6 Å². The number of carbonyl (C=O) groups excluding carboxylic acids is 2. The second-order valence-electron chi connectivity index (χ2n) is 5.33. The lowest BCUT2D eigenvalue weighted by Gasteiger charge is -2.36. The lowest BCUT2D eigenvalue weighted by molar-refractivity contribution is -0.122. The number of imide groups is 1. The molecule has 0 spiro atoms. The van der Waals surface area contributed by atoms with Crippen LogP contribution >= 0.6 is 0 Å². The molecule has 0 aromatic heterocycles. The molecule has 0 saturated heterocycles. The van der Waals surface area contributed by atoms with Gasteiger partial charge >= 0.3 is 6.03 Å². The molecule has 0 heterocycles. The van der Waals surface area contributed by atoms with E-state index in [0.29, 0.717) is 17.9 Å². The van der Waals surface area contributed by atoms with E-state index in [-0.39, 0.29) is 11.9 Å². The molecule has 0 radical (unpaired) electrons. The highest BCUT2D eigenvalue weighted by Crippen LogP contribution is 2.29. The molecule has 0 bridgehead atoms. The summed E-state index contributed by atoms with van der Waals surface area (Å²) in [6.45, 7) is 6.28. The van der Waals surface area contributed by atoms with E-state index in [4.69, 9.17) is 0 Å². The number of carbonyl (C=O) groups is 2. The molecule has 4 atom stereocenters. The Balaban J connectivity index is 2.45. The Bertz CT molecular complexity index is 307. The Morgan fingerprint density at radius 1 is 1.22 bits per heavy atom. The van der Waals surface area contributed by atoms with E-state index in [1.54, 1.807) is 6.92 Å². The van der Waals surface area contributed by atoms with Gasteiger partial charge in [-0.2, -0.15) is 0 Å². The highest BCUT2D eigenvalue weighted by molar-refractivity contribution is 5.96. The highest BCUT2D eigenvalue weighted by atomic mass is 16.2. The first-order valence-electron chi connectivity index (χ1n) is 6.74. The van der Waals surface area contributed by atoms with Crippen molar-refractivity contribution in [2.24, 2.45) is 11.8 Å². The minimum absolute atomic E-state index is 0.278. The van der Waals surface area contributed by atoms with Crippen molar-refractivity contribution in [1.82, 2.24) is 16.0 Å². The Kier molecular flexibility index (Phi) is 5.59. The maximum Gasteiger partial charge on any atom is 0.321 e. The topological polar surface area (TPSA) is 70.2 Å². The molecule has 18 heavy (non-hydrogen) atoms. The molecule has 0 aliphatic heterocycles. The van der Waals surface area contributed by atoms with Crippen LogP contribution in [0.25, 0.3) is 0 Å². The van der Waals surface area contributed by atoms with Crippen LogP contribution in [0.1, 0.15) is 40.0 Å². The Morgan fingerprint density at radius 2 is 1.89 bits per heavy atom. The molecule has 1 aliphatic carbocycles. The fraction of sp³-hybridized carbons (Fsp3) is 0.846. The van der Waals surface area contributed by atoms with Gasteiger partial charge in [-0.1, -0.05) is 26.7 Å². The number of hydrogen-bond donors (Lipinski definition) is 3. The minimum atomic E-state index is -0.460. The van der Waals surface area contributed by atoms with Crippen molar-refractivity contribution in [1.29, 1.82) is 0 Å². The normalized spacial score (nSPS) is 29.4. The van der Waals surface area contributed by atoms with Gasteiger partial charge in [-0.15, -0.1) is 0 Å². The van der Waals surface area contributed by atoms with Crippen LogP contribution in [-0.2, 0) is 4.79 Å². The molecule has 5 nitrogen and oxygen atoms in total. The molecule has 1 saturated carbocycles. The summed E-state index contributed by atoms with van der Waals surface area (Å²) >= 11 is 0. The van der Waals surface area contributed by atoms with E-state index in [0.717, 1.165) is 6.42 Å². The Labute approximate surface area is 109 Å². The van der Waals surface area contributed by atoms with Gasteiger partial charge in [0.05, 0.1) is 6.04 Å². The van der Waals surface area contributed by atoms with Gasteiger partial charge in [0.15, 0.2) is 0 Å². The molecule has 0 aromatic rings. The van der Waals surface area contributed by atoms with Crippen LogP contribution in [0.5, 0.6) is 0 Å². The molecule has 3 N–H and O–H groups in total. The van der Waals surface area contributed by atoms with Crippen molar-refractivity contribution in [2.75, 3.05) is 7.05 Å². The summed E-state index contributed by atoms with van der Waals surface area (Å²) in [4.78, 5) is 22.8. The maximum absolute atomic E-state index is 11.7. The van der Waals surface area contributed by atoms with Crippen molar-refractivity contribution in [3.8, 4) is 0 Å². The standard InChI is InChI=1S/C13H25N3O2/c1-8-6-5-7-11(9(8)2)15-10(3)12(17)16-13(18)14-4/h8-11,15H,5-7H2,1-4H3,(H2,14,16,17,18)/t8-,9-,10+,11-/m1/s1. The van der Waals surface area contributed by atoms with Crippen LogP contribution < -0.4 is 16.0 Å². The zero-order valence-corrected chi connectivity index (χ0v) is 11.7. The van der Waals surface area contributed by atoms with Gasteiger partial charge in [0.2, 0.25) is 5.91 Å². The number of nitrogens with one attached hydrogen (secondary N) is 3. The lowest BCUT2D eigenvalue weighted by atomic mass is 9.78. The predicted octanol–water partition coefficient (Wildman–Crippen LogP) is 1.24. The summed E-state index contributed by atoms with van der Waals surface area (Å²) in [5.74, 6) is 0.972. The second kappa shape index (κ2) is 6.73. The van der Waals surface area contributed by atoms with Crippen LogP contribution in [0.2, 0.25) is 0 Å². The maximum atomic E-state index is 11.7. The Morgan fingerprint density at radius 3 is 2.50 bits per heavy atom. The monoisotopic (exact) mass is 255 g/mol. The van der Waals surface area contributed by atoms with Crippen LogP contribution in [0.15, 0.2) is 0 Å². The van der Waals surface area contributed by atoms with Gasteiger partial charge in [0, 0.05) is 13.1 Å². The third-order valence-corrected chi connectivity index (χ3v) is 4.03. The van der Waals surface area contributed by atoms with Crippen LogP contribution in [0.3, 0.4) is 0 Å². The first kappa shape index (κ1) is 15.0. The quantitative estimate of drug-likeness (QED) is 0.710. The summed E-state index contributed by atoms with van der Waals surface area (Å²) in [6.07, 6.45) is 3.56. The summed E-state index contributed by atoms with van der Waals surface area (Å²) in [5.41, 5.74) is 0. The minimum Gasteiger partial charge on any atom is -0.341 e. The number of rotatable bonds is 3. The predicted molar refractivity (Wildman–Crippen MR) is 71.2 cm³/mol. The average Bonchev–Trinajstić information content (AvgIpc) is 2.34. The van der Waals surface area contributed by atoms with Gasteiger partial charge in [0.1, 0.15) is 0 Å². The Hall–Kier alpha value is -1.10. The van der Waals surface area contributed by atoms with Crippen molar-refractivity contribution >= 4 is 11.9 Å². The van der Waals surface area contributed by atoms with Gasteiger partial charge in [-0.25, -0.2) is 4.79 Å². The smallest absolute Gasteiger partial charge is 0.321 e. The molecule has 3 amide bonds. The van der Waals surface area contributed by atoms with E-state index < -0.39 is 6.03 Å². The van der Waals surface area contributed by atoms with E-state index >= 15 is 0 Å². The van der Waals surface area contributed by atoms with E-state index in [2.05, 4.69) is 29.8 Å². The zero-order valence-electron chi connectivity index (χ0n) is 11.7. The average molecular weight is 255 g/mol. The molecule has 5 heteroatoms. The molecule has 1 rings (SSSR count). The summed E-state index contributed by atoms with van der Waals surface area (Å²) < 4.78 is 0. The fourth-order valence-corrected chi connectivity index (χ4v) is 2.50. The molecular formula is C13H25N3O2. The van der Waals surface area contributed by atoms with E-state index in [9.17, 15) is 9.59 Å². The summed E-state index contributed by atoms with van der Waals surface area (Å²) in [5, 5.41) is 8.00. The zero-order chi connectivity index (χ0) is 13.7. The van der Waals surface area contributed by atoms with Gasteiger partial charge in [-0.3, -0.25) is 10.1 Å². The summed E-state index contributed by atoms with van der Waals surface area (Å²) in [6, 6.07) is -0.446. The molecule has 0 unspecified atom stereocenters. The van der Waals surface area contributed by atoms with Crippen molar-refractivity contribution in [3.05, 3.63) is 0 Å². The summed E-state index contributed by atoms with van der Waals surface area (Å²) in [7, 11) is 1.49. The third kappa shape index (κ3) is 3.98. The number of amides is 3. The fourth-order valence-electron chi connectivity index (χ4n) is 2.50. The first-order chi connectivity index (χ1) is 8.45. The van der Waals surface area contributed by atoms with E-state index in [1.165, 1.54) is 19.9 Å². The molecule has 0 aromatic carbocycles. The van der Waals surface area contributed by atoms with Gasteiger partial charge in [0.25, 0.3) is 0 Å². The molecule has 1 aliphatic rings. The van der Waals surface area contributed by atoms with E-state index in [1.807, 2.05) is 0 Å².